The van der Waals surface area contributed by atoms with E-state index in [1.807, 2.05) is 6.92 Å². The molecule has 2 aromatic rings. The average Bonchev–Trinajstić information content (AvgIpc) is 2.78. The molecule has 0 saturated heterocycles. The second-order valence-electron chi connectivity index (χ2n) is 4.36. The van der Waals surface area contributed by atoms with Crippen LogP contribution in [0.5, 0.6) is 0 Å². The van der Waals surface area contributed by atoms with Crippen LogP contribution in [-0.2, 0) is 6.42 Å². The van der Waals surface area contributed by atoms with Crippen LogP contribution in [0.15, 0.2) is 24.3 Å². The summed E-state index contributed by atoms with van der Waals surface area (Å²) in [6, 6.07) is 8.39. The Kier molecular flexibility index (Phi) is 4.26. The minimum absolute atomic E-state index is 0.716. The Bertz CT molecular complexity index is 528. The van der Waals surface area contributed by atoms with Crippen molar-refractivity contribution in [1.82, 2.24) is 4.98 Å². The number of aryl methyl sites for hydroxylation is 2. The van der Waals surface area contributed by atoms with E-state index >= 15 is 0 Å². The molecule has 0 aliphatic carbocycles. The first-order valence-corrected chi connectivity index (χ1v) is 7.08. The second kappa shape index (κ2) is 5.91. The number of hydrogen-bond acceptors (Lipinski definition) is 3. The van der Waals surface area contributed by atoms with Gasteiger partial charge in [-0.1, -0.05) is 37.6 Å². The molecule has 0 aliphatic rings. The monoisotopic (exact) mass is 259 g/mol. The molecule has 0 N–H and O–H groups in total. The van der Waals surface area contributed by atoms with Gasteiger partial charge in [0.05, 0.1) is 15.6 Å². The lowest BCUT2D eigenvalue weighted by molar-refractivity contribution is 0.112. The number of carbonyl (C=O) groups is 1. The highest BCUT2D eigenvalue weighted by Crippen LogP contribution is 2.27. The van der Waals surface area contributed by atoms with Crippen LogP contribution in [0.1, 0.15) is 40.0 Å². The van der Waals surface area contributed by atoms with Gasteiger partial charge >= 0.3 is 0 Å². The van der Waals surface area contributed by atoms with Crippen LogP contribution in [0, 0.1) is 6.92 Å². The molecule has 0 spiro atoms. The van der Waals surface area contributed by atoms with Crippen LogP contribution in [0.4, 0.5) is 0 Å². The van der Waals surface area contributed by atoms with E-state index < -0.39 is 0 Å². The van der Waals surface area contributed by atoms with E-state index in [1.54, 1.807) is 0 Å². The van der Waals surface area contributed by atoms with E-state index in [-0.39, 0.29) is 0 Å². The summed E-state index contributed by atoms with van der Waals surface area (Å²) in [6.45, 7) is 4.12. The zero-order chi connectivity index (χ0) is 13.0. The summed E-state index contributed by atoms with van der Waals surface area (Å²) in [7, 11) is 0. The maximum Gasteiger partial charge on any atom is 0.162 e. The highest BCUT2D eigenvalue weighted by molar-refractivity contribution is 7.13. The number of aldehydes is 1. The summed E-state index contributed by atoms with van der Waals surface area (Å²) in [5, 5.41) is 0.933. The first-order chi connectivity index (χ1) is 8.74. The predicted molar refractivity (Wildman–Crippen MR) is 76.3 cm³/mol. The van der Waals surface area contributed by atoms with Crippen molar-refractivity contribution in [2.75, 3.05) is 0 Å². The lowest BCUT2D eigenvalue weighted by Crippen LogP contribution is -1.87. The Morgan fingerprint density at radius 3 is 2.61 bits per heavy atom. The number of aromatic nitrogens is 1. The molecule has 94 valence electrons. The topological polar surface area (TPSA) is 30.0 Å². The van der Waals surface area contributed by atoms with Crippen molar-refractivity contribution in [2.45, 2.75) is 33.1 Å². The van der Waals surface area contributed by atoms with Crippen molar-refractivity contribution in [3.05, 3.63) is 39.7 Å². The second-order valence-corrected chi connectivity index (χ2v) is 5.60. The molecule has 18 heavy (non-hydrogen) atoms. The Balaban J connectivity index is 2.25. The molecule has 1 aromatic heterocycles. The number of nitrogens with zero attached hydrogens (tertiary/aromatic N) is 1. The molecule has 0 aliphatic heterocycles. The van der Waals surface area contributed by atoms with Crippen LogP contribution in [-0.4, -0.2) is 11.3 Å². The molecule has 1 aromatic carbocycles. The van der Waals surface area contributed by atoms with Gasteiger partial charge in [-0.15, -0.1) is 11.3 Å². The number of carbonyl (C=O) groups excluding carboxylic acids is 1. The largest absolute Gasteiger partial charge is 0.297 e. The van der Waals surface area contributed by atoms with E-state index in [9.17, 15) is 4.79 Å². The maximum absolute atomic E-state index is 11.0. The normalized spacial score (nSPS) is 10.6. The quantitative estimate of drug-likeness (QED) is 0.750. The molecule has 2 rings (SSSR count). The summed E-state index contributed by atoms with van der Waals surface area (Å²) in [6.07, 6.45) is 4.44. The number of hydrogen-bond donors (Lipinski definition) is 0. The summed E-state index contributed by atoms with van der Waals surface area (Å²) < 4.78 is 0. The molecule has 0 unspecified atom stereocenters. The molecule has 3 heteroatoms. The molecule has 0 bridgehead atoms. The van der Waals surface area contributed by atoms with E-state index in [0.29, 0.717) is 4.88 Å². The number of benzene rings is 1. The van der Waals surface area contributed by atoms with Gasteiger partial charge in [-0.25, -0.2) is 4.98 Å². The number of unbranched alkanes of at least 4 members (excludes halogenated alkanes) is 1. The Hall–Kier alpha value is -1.48. The smallest absolute Gasteiger partial charge is 0.162 e. The molecule has 2 nitrogen and oxygen atoms in total. The Morgan fingerprint density at radius 2 is 2.00 bits per heavy atom. The first kappa shape index (κ1) is 13.0. The van der Waals surface area contributed by atoms with Crippen LogP contribution in [0.3, 0.4) is 0 Å². The third kappa shape index (κ3) is 2.85. The Labute approximate surface area is 112 Å². The van der Waals surface area contributed by atoms with E-state index in [0.717, 1.165) is 29.0 Å². The van der Waals surface area contributed by atoms with E-state index in [1.165, 1.54) is 29.7 Å². The van der Waals surface area contributed by atoms with Crippen molar-refractivity contribution in [3.63, 3.8) is 0 Å². The lowest BCUT2D eigenvalue weighted by Gasteiger charge is -2.02. The third-order valence-corrected chi connectivity index (χ3v) is 3.81. The third-order valence-electron chi connectivity index (χ3n) is 2.91. The fraction of sp³-hybridized carbons (Fsp3) is 0.333. The van der Waals surface area contributed by atoms with Crippen molar-refractivity contribution in [2.24, 2.45) is 0 Å². The standard InChI is InChI=1S/C15H17NOS/c1-3-4-5-12-6-8-13(9-7-12)15-14(10-17)18-11(2)16-15/h6-10H,3-5H2,1-2H3. The van der Waals surface area contributed by atoms with Crippen molar-refractivity contribution < 1.29 is 4.79 Å². The first-order valence-electron chi connectivity index (χ1n) is 6.26. The minimum atomic E-state index is 0.716. The molecular formula is C15H17NOS. The van der Waals surface area contributed by atoms with Crippen LogP contribution in [0.25, 0.3) is 11.3 Å². The van der Waals surface area contributed by atoms with Crippen LogP contribution < -0.4 is 0 Å². The van der Waals surface area contributed by atoms with E-state index in [2.05, 4.69) is 36.2 Å². The molecule has 0 saturated carbocycles. The molecular weight excluding hydrogens is 242 g/mol. The average molecular weight is 259 g/mol. The summed E-state index contributed by atoms with van der Waals surface area (Å²) >= 11 is 1.45. The number of thiazole rings is 1. The van der Waals surface area contributed by atoms with Gasteiger partial charge < -0.3 is 0 Å². The highest BCUT2D eigenvalue weighted by Gasteiger charge is 2.10. The summed E-state index contributed by atoms with van der Waals surface area (Å²) in [5.74, 6) is 0. The molecule has 0 fully saturated rings. The summed E-state index contributed by atoms with van der Waals surface area (Å²) in [4.78, 5) is 16.1. The van der Waals surface area contributed by atoms with Crippen LogP contribution in [0.2, 0.25) is 0 Å². The van der Waals surface area contributed by atoms with Crippen molar-refractivity contribution in [3.8, 4) is 11.3 Å². The maximum atomic E-state index is 11.0. The number of rotatable bonds is 5. The molecule has 0 radical (unpaired) electrons. The van der Waals surface area contributed by atoms with Gasteiger partial charge in [-0.05, 0) is 25.3 Å². The van der Waals surface area contributed by atoms with Crippen LogP contribution >= 0.6 is 11.3 Å². The zero-order valence-electron chi connectivity index (χ0n) is 10.8. The molecule has 1 heterocycles. The SMILES string of the molecule is CCCCc1ccc(-c2nc(C)sc2C=O)cc1. The van der Waals surface area contributed by atoms with Gasteiger partial charge in [0.2, 0.25) is 0 Å². The lowest BCUT2D eigenvalue weighted by atomic mass is 10.0. The van der Waals surface area contributed by atoms with Crippen molar-refractivity contribution >= 4 is 17.6 Å². The fourth-order valence-electron chi connectivity index (χ4n) is 1.94. The zero-order valence-corrected chi connectivity index (χ0v) is 11.6. The molecule has 0 atom stereocenters. The fourth-order valence-corrected chi connectivity index (χ4v) is 2.70. The van der Waals surface area contributed by atoms with Gasteiger partial charge in [0, 0.05) is 5.56 Å². The van der Waals surface area contributed by atoms with Gasteiger partial charge in [-0.3, -0.25) is 4.79 Å². The van der Waals surface area contributed by atoms with Gasteiger partial charge in [-0.2, -0.15) is 0 Å². The minimum Gasteiger partial charge on any atom is -0.297 e. The van der Waals surface area contributed by atoms with E-state index in [4.69, 9.17) is 0 Å². The molecule has 0 amide bonds. The Morgan fingerprint density at radius 1 is 1.28 bits per heavy atom. The predicted octanol–water partition coefficient (Wildman–Crippen LogP) is 4.27. The van der Waals surface area contributed by atoms with Gasteiger partial charge in [0.15, 0.2) is 6.29 Å². The summed E-state index contributed by atoms with van der Waals surface area (Å²) in [5.41, 5.74) is 3.19. The van der Waals surface area contributed by atoms with Crippen molar-refractivity contribution in [1.29, 1.82) is 0 Å². The van der Waals surface area contributed by atoms with Gasteiger partial charge in [0.25, 0.3) is 0 Å². The highest BCUT2D eigenvalue weighted by atomic mass is 32.1. The van der Waals surface area contributed by atoms with Gasteiger partial charge in [0.1, 0.15) is 0 Å².